The molecule has 6 heteroatoms. The molecule has 2 bridgehead atoms. The molecule has 0 aromatic carbocycles. The van der Waals surface area contributed by atoms with E-state index in [1.807, 2.05) is 0 Å². The topological polar surface area (TPSA) is 46.6 Å². The smallest absolute Gasteiger partial charge is 0.217 e. The van der Waals surface area contributed by atoms with Crippen molar-refractivity contribution in [2.24, 2.45) is 11.8 Å². The number of sulfonamides is 1. The van der Waals surface area contributed by atoms with Gasteiger partial charge in [-0.25, -0.2) is 8.42 Å². The van der Waals surface area contributed by atoms with Crippen LogP contribution in [0, 0.1) is 11.8 Å². The third kappa shape index (κ3) is 1.26. The molecule has 92 valence electrons. The van der Waals surface area contributed by atoms with Gasteiger partial charge in [-0.3, -0.25) is 0 Å². The highest BCUT2D eigenvalue weighted by Gasteiger charge is 2.65. The van der Waals surface area contributed by atoms with Crippen LogP contribution in [-0.4, -0.2) is 42.7 Å². The second-order valence-corrected chi connectivity index (χ2v) is 7.96. The monoisotopic (exact) mass is 265 g/mol. The summed E-state index contributed by atoms with van der Waals surface area (Å²) in [6, 6.07) is 0.0231. The van der Waals surface area contributed by atoms with E-state index in [0.717, 1.165) is 12.8 Å². The van der Waals surface area contributed by atoms with Crippen molar-refractivity contribution in [1.82, 2.24) is 4.31 Å². The highest BCUT2D eigenvalue weighted by atomic mass is 35.5. The second-order valence-electron chi connectivity index (χ2n) is 5.13. The number of alkyl halides is 1. The molecule has 4 nitrogen and oxygen atoms in total. The lowest BCUT2D eigenvalue weighted by Crippen LogP contribution is -2.42. The first kappa shape index (κ1) is 11.3. The lowest BCUT2D eigenvalue weighted by Gasteiger charge is -2.29. The molecule has 6 atom stereocenters. The molecule has 1 heterocycles. The first-order chi connectivity index (χ1) is 7.43. The van der Waals surface area contributed by atoms with Gasteiger partial charge in [-0.05, 0) is 31.6 Å². The summed E-state index contributed by atoms with van der Waals surface area (Å²) < 4.78 is 31.4. The Balaban J connectivity index is 1.94. The fourth-order valence-electron chi connectivity index (χ4n) is 3.83. The van der Waals surface area contributed by atoms with Crippen molar-refractivity contribution in [1.29, 1.82) is 0 Å². The number of ether oxygens (including phenoxy) is 1. The van der Waals surface area contributed by atoms with E-state index >= 15 is 0 Å². The van der Waals surface area contributed by atoms with E-state index in [1.54, 1.807) is 14.0 Å². The van der Waals surface area contributed by atoms with Gasteiger partial charge in [0.15, 0.2) is 0 Å². The van der Waals surface area contributed by atoms with Crippen LogP contribution < -0.4 is 0 Å². The summed E-state index contributed by atoms with van der Waals surface area (Å²) >= 11 is 5.86. The van der Waals surface area contributed by atoms with E-state index in [9.17, 15) is 8.42 Å². The maximum atomic E-state index is 12.1. The molecule has 3 fully saturated rings. The van der Waals surface area contributed by atoms with Crippen LogP contribution in [0.5, 0.6) is 0 Å². The van der Waals surface area contributed by atoms with Gasteiger partial charge in [0, 0.05) is 7.05 Å². The van der Waals surface area contributed by atoms with Crippen LogP contribution in [0.15, 0.2) is 0 Å². The Bertz CT molecular complexity index is 410. The third-order valence-corrected chi connectivity index (χ3v) is 6.83. The van der Waals surface area contributed by atoms with Crippen LogP contribution in [0.25, 0.3) is 0 Å². The number of halogens is 1. The van der Waals surface area contributed by atoms with Crippen molar-refractivity contribution >= 4 is 21.6 Å². The van der Waals surface area contributed by atoms with Crippen LogP contribution >= 0.6 is 11.6 Å². The average Bonchev–Trinajstić information content (AvgIpc) is 2.75. The third-order valence-electron chi connectivity index (χ3n) is 4.38. The molecule has 6 unspecified atom stereocenters. The summed E-state index contributed by atoms with van der Waals surface area (Å²) in [6.45, 7) is 1.79. The van der Waals surface area contributed by atoms with Gasteiger partial charge in [0.05, 0.1) is 17.4 Å². The molecule has 1 aliphatic heterocycles. The summed E-state index contributed by atoms with van der Waals surface area (Å²) in [5.74, 6) is 0.640. The molecule has 2 saturated carbocycles. The molecule has 0 amide bonds. The van der Waals surface area contributed by atoms with Gasteiger partial charge in [0.25, 0.3) is 0 Å². The Hall–Kier alpha value is 0.160. The highest BCUT2D eigenvalue weighted by molar-refractivity contribution is 7.90. The Labute approximate surface area is 101 Å². The van der Waals surface area contributed by atoms with Gasteiger partial charge in [-0.15, -0.1) is 0 Å². The van der Waals surface area contributed by atoms with E-state index in [0.29, 0.717) is 5.92 Å². The van der Waals surface area contributed by atoms with Crippen LogP contribution in [-0.2, 0) is 14.8 Å². The molecule has 3 rings (SSSR count). The summed E-state index contributed by atoms with van der Waals surface area (Å²) in [5, 5.41) is -0.155. The van der Waals surface area contributed by atoms with Gasteiger partial charge in [0.2, 0.25) is 10.0 Å². The number of likely N-dealkylation sites (N-methyl/N-ethyl adjacent to an activating group) is 1. The minimum absolute atomic E-state index is 0.00368. The van der Waals surface area contributed by atoms with Gasteiger partial charge >= 0.3 is 0 Å². The molecule has 0 radical (unpaired) electrons. The van der Waals surface area contributed by atoms with Crippen LogP contribution in [0.2, 0.25) is 0 Å². The van der Waals surface area contributed by atoms with Gasteiger partial charge < -0.3 is 4.74 Å². The zero-order valence-corrected chi connectivity index (χ0v) is 10.9. The number of hydrogen-bond donors (Lipinski definition) is 0. The standard InChI is InChI=1S/C10H16ClNO3S/c1-5(11)15-10-6-3-7-8(4-6)16(13,14)12(2)9(7)10/h5-10H,3-4H2,1-2H3. The second kappa shape index (κ2) is 3.34. The first-order valence-corrected chi connectivity index (χ1v) is 7.63. The van der Waals surface area contributed by atoms with E-state index < -0.39 is 10.0 Å². The molecule has 0 spiro atoms. The van der Waals surface area contributed by atoms with Crippen molar-refractivity contribution in [3.8, 4) is 0 Å². The molecule has 0 aromatic rings. The predicted octanol–water partition coefficient (Wildman–Crippen LogP) is 1.01. The maximum absolute atomic E-state index is 12.1. The van der Waals surface area contributed by atoms with E-state index in [4.69, 9.17) is 16.3 Å². The first-order valence-electron chi connectivity index (χ1n) is 5.69. The number of nitrogens with zero attached hydrogens (tertiary/aromatic N) is 1. The molecule has 0 aromatic heterocycles. The molecular weight excluding hydrogens is 250 g/mol. The molecule has 3 aliphatic rings. The average molecular weight is 266 g/mol. The normalized spacial score (nSPS) is 51.1. The fourth-order valence-corrected chi connectivity index (χ4v) is 6.20. The number of hydrogen-bond acceptors (Lipinski definition) is 3. The molecule has 1 saturated heterocycles. The van der Waals surface area contributed by atoms with Gasteiger partial charge in [0.1, 0.15) is 5.56 Å². The van der Waals surface area contributed by atoms with Crippen molar-refractivity contribution < 1.29 is 13.2 Å². The Kier molecular flexibility index (Phi) is 2.35. The van der Waals surface area contributed by atoms with Crippen LogP contribution in [0.1, 0.15) is 19.8 Å². The number of fused-ring (bicyclic) bond motifs is 1. The van der Waals surface area contributed by atoms with Crippen molar-refractivity contribution in [2.45, 2.75) is 42.7 Å². The van der Waals surface area contributed by atoms with Crippen LogP contribution in [0.3, 0.4) is 0 Å². The fraction of sp³-hybridized carbons (Fsp3) is 1.00. The minimum Gasteiger partial charge on any atom is -0.358 e. The Morgan fingerprint density at radius 1 is 1.44 bits per heavy atom. The number of rotatable bonds is 2. The maximum Gasteiger partial charge on any atom is 0.217 e. The van der Waals surface area contributed by atoms with E-state index in [1.165, 1.54) is 4.31 Å². The van der Waals surface area contributed by atoms with Crippen molar-refractivity contribution in [3.05, 3.63) is 0 Å². The SMILES string of the molecule is CC(Cl)OC1C2CC3C1N(C)S(=O)(=O)C3C2. The summed E-state index contributed by atoms with van der Waals surface area (Å²) in [5.41, 5.74) is -0.348. The summed E-state index contributed by atoms with van der Waals surface area (Å²) in [4.78, 5) is 0. The minimum atomic E-state index is -3.07. The van der Waals surface area contributed by atoms with Crippen LogP contribution in [0.4, 0.5) is 0 Å². The van der Waals surface area contributed by atoms with E-state index in [-0.39, 0.29) is 28.9 Å². The van der Waals surface area contributed by atoms with Gasteiger partial charge in [-0.2, -0.15) is 4.31 Å². The Morgan fingerprint density at radius 2 is 2.12 bits per heavy atom. The quantitative estimate of drug-likeness (QED) is 0.700. The van der Waals surface area contributed by atoms with E-state index in [2.05, 4.69) is 0 Å². The van der Waals surface area contributed by atoms with Gasteiger partial charge in [-0.1, -0.05) is 11.6 Å². The molecule has 16 heavy (non-hydrogen) atoms. The summed E-state index contributed by atoms with van der Waals surface area (Å²) in [7, 11) is -1.39. The summed E-state index contributed by atoms with van der Waals surface area (Å²) in [6.07, 6.45) is 1.73. The zero-order valence-electron chi connectivity index (χ0n) is 9.34. The predicted molar refractivity (Wildman–Crippen MR) is 60.7 cm³/mol. The molecule has 0 N–H and O–H groups in total. The lowest BCUT2D eigenvalue weighted by molar-refractivity contribution is -0.0210. The lowest BCUT2D eigenvalue weighted by atomic mass is 9.92. The highest BCUT2D eigenvalue weighted by Crippen LogP contribution is 2.56. The van der Waals surface area contributed by atoms with Crippen molar-refractivity contribution in [2.75, 3.05) is 7.05 Å². The molecular formula is C10H16ClNO3S. The molecule has 2 aliphatic carbocycles. The Morgan fingerprint density at radius 3 is 2.75 bits per heavy atom. The largest absolute Gasteiger partial charge is 0.358 e. The zero-order chi connectivity index (χ0) is 11.7. The van der Waals surface area contributed by atoms with Crippen molar-refractivity contribution in [3.63, 3.8) is 0 Å².